The Balaban J connectivity index is 0.000000379. The summed E-state index contributed by atoms with van der Waals surface area (Å²) in [4.78, 5) is 29.5. The molecule has 1 aliphatic rings. The molecule has 1 heterocycles. The van der Waals surface area contributed by atoms with Gasteiger partial charge in [-0.25, -0.2) is 14.6 Å². The first-order valence-electron chi connectivity index (χ1n) is 6.27. The molecule has 0 fully saturated rings. The molecule has 1 atom stereocenters. The third-order valence-corrected chi connectivity index (χ3v) is 3.35. The standard InChI is InChI=1S/C11H12FN3OS.C2H2O4/c1-17-6-9-11(16)15-14-10(13-9)7-4-2-3-5-8(7)12;3-1(4)2(5)6/h2-5,9H,6H2,1H3,(H,13,14)(H,15,16);(H,3,4)(H,5,6). The van der Waals surface area contributed by atoms with Gasteiger partial charge in [-0.3, -0.25) is 10.1 Å². The fraction of sp³-hybridized carbons (Fsp3) is 0.231. The number of hydrogen-bond acceptors (Lipinski definition) is 6. The first-order valence-corrected chi connectivity index (χ1v) is 7.66. The highest BCUT2D eigenvalue weighted by molar-refractivity contribution is 7.98. The molecule has 0 bridgehead atoms. The van der Waals surface area contributed by atoms with Gasteiger partial charge in [-0.05, 0) is 18.4 Å². The third kappa shape index (κ3) is 5.68. The number of amides is 1. The van der Waals surface area contributed by atoms with Crippen molar-refractivity contribution in [1.82, 2.24) is 5.43 Å². The Kier molecular flexibility index (Phi) is 7.16. The van der Waals surface area contributed by atoms with Crippen LogP contribution in [0.15, 0.2) is 29.4 Å². The van der Waals surface area contributed by atoms with Gasteiger partial charge in [0.05, 0.1) is 11.3 Å². The van der Waals surface area contributed by atoms with Crippen LogP contribution in [0.3, 0.4) is 0 Å². The van der Waals surface area contributed by atoms with Crippen LogP contribution in [-0.2, 0) is 14.4 Å². The van der Waals surface area contributed by atoms with Crippen molar-refractivity contribution in [2.75, 3.05) is 12.0 Å². The number of rotatable bonds is 3. The van der Waals surface area contributed by atoms with Gasteiger partial charge >= 0.3 is 5.97 Å². The SMILES string of the molecule is CSCC1[NH2+]C(c2ccccc2F)=NNC1=O.O=C([O-])C(=O)O. The number of carbonyl (C=O) groups is 3. The number of nitrogens with two attached hydrogens (primary N) is 1. The molecule has 10 heteroatoms. The van der Waals surface area contributed by atoms with E-state index in [2.05, 4.69) is 10.5 Å². The summed E-state index contributed by atoms with van der Waals surface area (Å²) in [6, 6.07) is 6.15. The zero-order chi connectivity index (χ0) is 17.4. The number of hydrogen-bond donors (Lipinski definition) is 3. The summed E-state index contributed by atoms with van der Waals surface area (Å²) < 4.78 is 13.6. The largest absolute Gasteiger partial charge is 0.539 e. The van der Waals surface area contributed by atoms with Gasteiger partial charge in [0, 0.05) is 0 Å². The molecule has 23 heavy (non-hydrogen) atoms. The number of quaternary nitrogens is 1. The molecule has 1 amide bonds. The number of aliphatic carboxylic acids is 2. The number of benzene rings is 1. The van der Waals surface area contributed by atoms with Crippen molar-refractivity contribution >= 4 is 35.4 Å². The molecule has 1 aromatic carbocycles. The highest BCUT2D eigenvalue weighted by atomic mass is 32.2. The fourth-order valence-electron chi connectivity index (χ4n) is 1.62. The predicted molar refractivity (Wildman–Crippen MR) is 77.8 cm³/mol. The van der Waals surface area contributed by atoms with Crippen molar-refractivity contribution in [3.8, 4) is 0 Å². The summed E-state index contributed by atoms with van der Waals surface area (Å²) >= 11 is 1.57. The lowest BCUT2D eigenvalue weighted by atomic mass is 10.1. The van der Waals surface area contributed by atoms with E-state index in [1.54, 1.807) is 35.3 Å². The van der Waals surface area contributed by atoms with Gasteiger partial charge in [-0.15, -0.1) is 5.10 Å². The molecule has 1 unspecified atom stereocenters. The van der Waals surface area contributed by atoms with E-state index in [4.69, 9.17) is 19.8 Å². The lowest BCUT2D eigenvalue weighted by Gasteiger charge is -2.18. The molecule has 0 saturated carbocycles. The smallest absolute Gasteiger partial charge is 0.351 e. The van der Waals surface area contributed by atoms with E-state index >= 15 is 0 Å². The van der Waals surface area contributed by atoms with Gasteiger partial charge in [-0.2, -0.15) is 11.8 Å². The number of halogens is 1. The molecule has 8 nitrogen and oxygen atoms in total. The second-order valence-electron chi connectivity index (χ2n) is 4.27. The third-order valence-electron chi connectivity index (χ3n) is 2.65. The summed E-state index contributed by atoms with van der Waals surface area (Å²) in [6.45, 7) is 0. The van der Waals surface area contributed by atoms with E-state index < -0.39 is 11.9 Å². The number of thioether (sulfide) groups is 1. The van der Waals surface area contributed by atoms with Crippen LogP contribution in [0.4, 0.5) is 4.39 Å². The Bertz CT molecular complexity index is 626. The molecule has 0 spiro atoms. The molecule has 4 N–H and O–H groups in total. The van der Waals surface area contributed by atoms with Gasteiger partial charge < -0.3 is 15.0 Å². The highest BCUT2D eigenvalue weighted by Gasteiger charge is 2.29. The van der Waals surface area contributed by atoms with Crippen LogP contribution in [0.2, 0.25) is 0 Å². The van der Waals surface area contributed by atoms with Crippen LogP contribution in [0.1, 0.15) is 5.56 Å². The molecule has 0 aliphatic carbocycles. The Morgan fingerprint density at radius 2 is 2.09 bits per heavy atom. The molecule has 124 valence electrons. The maximum Gasteiger partial charge on any atom is 0.351 e. The number of carboxylic acid groups (broad SMARTS) is 2. The van der Waals surface area contributed by atoms with E-state index in [1.165, 1.54) is 6.07 Å². The quantitative estimate of drug-likeness (QED) is 0.530. The van der Waals surface area contributed by atoms with Crippen LogP contribution < -0.4 is 15.8 Å². The summed E-state index contributed by atoms with van der Waals surface area (Å²) in [6.07, 6.45) is 1.93. The Labute approximate surface area is 134 Å². The highest BCUT2D eigenvalue weighted by Crippen LogP contribution is 2.06. The topological polar surface area (TPSA) is 136 Å². The van der Waals surface area contributed by atoms with Gasteiger partial charge in [0.1, 0.15) is 5.82 Å². The van der Waals surface area contributed by atoms with Crippen molar-refractivity contribution in [3.05, 3.63) is 35.6 Å². The molecule has 1 aromatic rings. The molecule has 2 rings (SSSR count). The number of hydrazone groups is 1. The minimum atomic E-state index is -2.07. The number of nitrogens with zero attached hydrogens (tertiary/aromatic N) is 1. The predicted octanol–water partition coefficient (Wildman–Crippen LogP) is -2.27. The maximum atomic E-state index is 13.6. The second kappa shape index (κ2) is 8.86. The van der Waals surface area contributed by atoms with Crippen LogP contribution in [0.25, 0.3) is 0 Å². The van der Waals surface area contributed by atoms with E-state index in [9.17, 15) is 9.18 Å². The normalized spacial score (nSPS) is 16.5. The van der Waals surface area contributed by atoms with Crippen molar-refractivity contribution in [2.24, 2.45) is 5.10 Å². The Hall–Kier alpha value is -2.46. The van der Waals surface area contributed by atoms with Crippen molar-refractivity contribution in [3.63, 3.8) is 0 Å². The van der Waals surface area contributed by atoms with Gasteiger partial charge in [0.2, 0.25) is 0 Å². The first-order chi connectivity index (χ1) is 10.9. The summed E-state index contributed by atoms with van der Waals surface area (Å²) in [7, 11) is 0. The van der Waals surface area contributed by atoms with Crippen LogP contribution in [0.5, 0.6) is 0 Å². The van der Waals surface area contributed by atoms with Crippen LogP contribution >= 0.6 is 11.8 Å². The number of amidine groups is 1. The van der Waals surface area contributed by atoms with E-state index in [1.807, 2.05) is 6.26 Å². The number of carbonyl (C=O) groups excluding carboxylic acids is 2. The number of carboxylic acids is 2. The molecule has 1 aliphatic heterocycles. The van der Waals surface area contributed by atoms with Crippen LogP contribution in [0, 0.1) is 5.82 Å². The molecular weight excluding hydrogens is 329 g/mol. The number of nitrogens with one attached hydrogen (secondary N) is 1. The minimum Gasteiger partial charge on any atom is -0.539 e. The Morgan fingerprint density at radius 1 is 1.48 bits per heavy atom. The lowest BCUT2D eigenvalue weighted by molar-refractivity contribution is -0.563. The fourth-order valence-corrected chi connectivity index (χ4v) is 2.23. The van der Waals surface area contributed by atoms with Crippen LogP contribution in [-0.4, -0.2) is 46.8 Å². The average Bonchev–Trinajstić information content (AvgIpc) is 2.51. The Morgan fingerprint density at radius 3 is 2.61 bits per heavy atom. The monoisotopic (exact) mass is 343 g/mol. The van der Waals surface area contributed by atoms with Crippen molar-refractivity contribution in [2.45, 2.75) is 6.04 Å². The molecular formula is C13H14FN3O5S. The van der Waals surface area contributed by atoms with Crippen molar-refractivity contribution < 1.29 is 34.3 Å². The van der Waals surface area contributed by atoms with Gasteiger partial charge in [-0.1, -0.05) is 12.1 Å². The summed E-state index contributed by atoms with van der Waals surface area (Å²) in [5.74, 6) is -3.33. The molecule has 0 aromatic heterocycles. The zero-order valence-corrected chi connectivity index (χ0v) is 12.8. The molecule has 0 radical (unpaired) electrons. The minimum absolute atomic E-state index is 0.139. The van der Waals surface area contributed by atoms with Gasteiger partial charge in [0.15, 0.2) is 12.0 Å². The average molecular weight is 343 g/mol. The van der Waals surface area contributed by atoms with E-state index in [-0.39, 0.29) is 17.8 Å². The van der Waals surface area contributed by atoms with E-state index in [0.29, 0.717) is 17.2 Å². The summed E-state index contributed by atoms with van der Waals surface area (Å²) in [5.41, 5.74) is 2.85. The van der Waals surface area contributed by atoms with Crippen molar-refractivity contribution in [1.29, 1.82) is 0 Å². The first kappa shape index (κ1) is 18.6. The second-order valence-corrected chi connectivity index (χ2v) is 5.18. The maximum absolute atomic E-state index is 13.6. The molecule has 0 saturated heterocycles. The zero-order valence-electron chi connectivity index (χ0n) is 12.0. The lowest BCUT2D eigenvalue weighted by Crippen LogP contribution is -2.98. The van der Waals surface area contributed by atoms with Gasteiger partial charge in [0.25, 0.3) is 11.7 Å². The van der Waals surface area contributed by atoms with E-state index in [0.717, 1.165) is 0 Å². The summed E-state index contributed by atoms with van der Waals surface area (Å²) in [5, 5.41) is 21.9.